The largest absolute Gasteiger partial charge is 0.490 e. The zero-order valence-electron chi connectivity index (χ0n) is 14.8. The second-order valence-electron chi connectivity index (χ2n) is 7.28. The lowest BCUT2D eigenvalue weighted by Crippen LogP contribution is -2.44. The first-order valence-electron chi connectivity index (χ1n) is 8.51. The molecule has 0 aliphatic carbocycles. The predicted molar refractivity (Wildman–Crippen MR) is 92.0 cm³/mol. The van der Waals surface area contributed by atoms with Crippen molar-refractivity contribution in [2.75, 3.05) is 25.0 Å². The number of carbonyl (C=O) groups excluding carboxylic acids is 2. The van der Waals surface area contributed by atoms with Gasteiger partial charge in [-0.3, -0.25) is 4.79 Å². The Hall–Kier alpha value is -2.44. The molecule has 2 heterocycles. The molecular weight excluding hydrogens is 324 g/mol. The van der Waals surface area contributed by atoms with Gasteiger partial charge in [0.2, 0.25) is 0 Å². The molecule has 0 saturated carbocycles. The number of rotatable bonds is 2. The van der Waals surface area contributed by atoms with Gasteiger partial charge in [0.05, 0.1) is 5.69 Å². The van der Waals surface area contributed by atoms with Gasteiger partial charge in [0.1, 0.15) is 23.2 Å². The van der Waals surface area contributed by atoms with Crippen molar-refractivity contribution >= 4 is 17.7 Å². The lowest BCUT2D eigenvalue weighted by molar-refractivity contribution is -0.118. The number of ether oxygens (including phenoxy) is 3. The third-order valence-electron chi connectivity index (χ3n) is 3.98. The molecule has 1 saturated heterocycles. The van der Waals surface area contributed by atoms with Crippen LogP contribution in [0.2, 0.25) is 0 Å². The van der Waals surface area contributed by atoms with Gasteiger partial charge in [-0.25, -0.2) is 4.79 Å². The van der Waals surface area contributed by atoms with E-state index in [1.807, 2.05) is 26.8 Å². The SMILES string of the molecule is CC(C)(C)OC(=O)N1CCC(Oc2ccc3c(c2)NC(=O)CO3)CC1. The van der Waals surface area contributed by atoms with Crippen LogP contribution in [0.4, 0.5) is 10.5 Å². The smallest absolute Gasteiger partial charge is 0.410 e. The maximum Gasteiger partial charge on any atom is 0.410 e. The van der Waals surface area contributed by atoms with Gasteiger partial charge < -0.3 is 24.4 Å². The first-order chi connectivity index (χ1) is 11.8. The van der Waals surface area contributed by atoms with Gasteiger partial charge >= 0.3 is 6.09 Å². The summed E-state index contributed by atoms with van der Waals surface area (Å²) < 4.78 is 16.7. The van der Waals surface area contributed by atoms with Crippen LogP contribution in [0.15, 0.2) is 18.2 Å². The fraction of sp³-hybridized carbons (Fsp3) is 0.556. The predicted octanol–water partition coefficient (Wildman–Crippen LogP) is 2.80. The second kappa shape index (κ2) is 6.82. The van der Waals surface area contributed by atoms with E-state index in [2.05, 4.69) is 5.32 Å². The van der Waals surface area contributed by atoms with Crippen molar-refractivity contribution in [3.63, 3.8) is 0 Å². The monoisotopic (exact) mass is 348 g/mol. The molecule has 0 bridgehead atoms. The maximum atomic E-state index is 12.1. The summed E-state index contributed by atoms with van der Waals surface area (Å²) in [5, 5.41) is 2.77. The van der Waals surface area contributed by atoms with Crippen molar-refractivity contribution in [2.24, 2.45) is 0 Å². The van der Waals surface area contributed by atoms with Crippen molar-refractivity contribution < 1.29 is 23.8 Å². The number of hydrogen-bond donors (Lipinski definition) is 1. The average Bonchev–Trinajstić information content (AvgIpc) is 2.53. The maximum absolute atomic E-state index is 12.1. The molecule has 2 amide bonds. The van der Waals surface area contributed by atoms with Crippen LogP contribution >= 0.6 is 0 Å². The summed E-state index contributed by atoms with van der Waals surface area (Å²) in [5.74, 6) is 1.15. The Labute approximate surface area is 147 Å². The van der Waals surface area contributed by atoms with E-state index in [-0.39, 0.29) is 24.7 Å². The fourth-order valence-electron chi connectivity index (χ4n) is 2.81. The van der Waals surface area contributed by atoms with Gasteiger partial charge in [0.15, 0.2) is 6.61 Å². The van der Waals surface area contributed by atoms with Crippen molar-refractivity contribution in [2.45, 2.75) is 45.3 Å². The number of nitrogens with zero attached hydrogens (tertiary/aromatic N) is 1. The van der Waals surface area contributed by atoms with Crippen LogP contribution in [0.25, 0.3) is 0 Å². The molecule has 0 spiro atoms. The number of likely N-dealkylation sites (tertiary alicyclic amines) is 1. The zero-order chi connectivity index (χ0) is 18.0. The molecule has 0 radical (unpaired) electrons. The highest BCUT2D eigenvalue weighted by molar-refractivity contribution is 5.95. The number of piperidine rings is 1. The van der Waals surface area contributed by atoms with Crippen molar-refractivity contribution in [3.8, 4) is 11.5 Å². The molecular formula is C18H24N2O5. The van der Waals surface area contributed by atoms with Crippen LogP contribution < -0.4 is 14.8 Å². The fourth-order valence-corrected chi connectivity index (χ4v) is 2.81. The molecule has 7 nitrogen and oxygen atoms in total. The average molecular weight is 348 g/mol. The van der Waals surface area contributed by atoms with Crippen molar-refractivity contribution in [1.29, 1.82) is 0 Å². The minimum atomic E-state index is -0.486. The van der Waals surface area contributed by atoms with Crippen LogP contribution in [0.3, 0.4) is 0 Å². The number of amides is 2. The molecule has 1 fully saturated rings. The summed E-state index contributed by atoms with van der Waals surface area (Å²) >= 11 is 0. The number of carbonyl (C=O) groups is 2. The number of anilines is 1. The summed E-state index contributed by atoms with van der Waals surface area (Å²) in [4.78, 5) is 25.2. The van der Waals surface area contributed by atoms with Gasteiger partial charge in [0, 0.05) is 32.0 Å². The van der Waals surface area contributed by atoms with E-state index in [4.69, 9.17) is 14.2 Å². The van der Waals surface area contributed by atoms with E-state index in [1.54, 1.807) is 17.0 Å². The molecule has 1 aromatic rings. The Bertz CT molecular complexity index is 660. The molecule has 1 N–H and O–H groups in total. The highest BCUT2D eigenvalue weighted by Gasteiger charge is 2.28. The van der Waals surface area contributed by atoms with E-state index in [0.29, 0.717) is 30.3 Å². The molecule has 0 atom stereocenters. The van der Waals surface area contributed by atoms with Crippen LogP contribution in [0.1, 0.15) is 33.6 Å². The molecule has 2 aliphatic rings. The molecule has 2 aliphatic heterocycles. The Morgan fingerprint density at radius 3 is 2.68 bits per heavy atom. The summed E-state index contributed by atoms with van der Waals surface area (Å²) in [6.45, 7) is 6.82. The van der Waals surface area contributed by atoms with E-state index in [9.17, 15) is 9.59 Å². The summed E-state index contributed by atoms with van der Waals surface area (Å²) in [5.41, 5.74) is 0.139. The Morgan fingerprint density at radius 1 is 1.28 bits per heavy atom. The van der Waals surface area contributed by atoms with Crippen LogP contribution in [-0.4, -0.2) is 48.3 Å². The summed E-state index contributed by atoms with van der Waals surface area (Å²) in [6.07, 6.45) is 1.22. The molecule has 1 aromatic carbocycles. The van der Waals surface area contributed by atoms with Gasteiger partial charge in [0.25, 0.3) is 5.91 Å². The molecule has 136 valence electrons. The van der Waals surface area contributed by atoms with E-state index >= 15 is 0 Å². The first kappa shape index (κ1) is 17.4. The minimum absolute atomic E-state index is 0.0250. The van der Waals surface area contributed by atoms with E-state index < -0.39 is 5.60 Å². The number of benzene rings is 1. The highest BCUT2D eigenvalue weighted by atomic mass is 16.6. The standard InChI is InChI=1S/C18H24N2O5/c1-18(2,3)25-17(22)20-8-6-12(7-9-20)24-13-4-5-15-14(10-13)19-16(21)11-23-15/h4-5,10,12H,6-9,11H2,1-3H3,(H,19,21). The van der Waals surface area contributed by atoms with Gasteiger partial charge in [-0.2, -0.15) is 0 Å². The number of hydrogen-bond acceptors (Lipinski definition) is 5. The summed E-state index contributed by atoms with van der Waals surface area (Å²) in [7, 11) is 0. The highest BCUT2D eigenvalue weighted by Crippen LogP contribution is 2.32. The lowest BCUT2D eigenvalue weighted by Gasteiger charge is -2.33. The molecule has 7 heteroatoms. The van der Waals surface area contributed by atoms with Crippen LogP contribution in [0, 0.1) is 0 Å². The zero-order valence-corrected chi connectivity index (χ0v) is 14.8. The normalized spacial score (nSPS) is 18.0. The third kappa shape index (κ3) is 4.55. The minimum Gasteiger partial charge on any atom is -0.490 e. The Morgan fingerprint density at radius 2 is 2.00 bits per heavy atom. The number of fused-ring (bicyclic) bond motifs is 1. The van der Waals surface area contributed by atoms with Crippen LogP contribution in [0.5, 0.6) is 11.5 Å². The third-order valence-corrected chi connectivity index (χ3v) is 3.98. The lowest BCUT2D eigenvalue weighted by atomic mass is 10.1. The Kier molecular flexibility index (Phi) is 4.74. The second-order valence-corrected chi connectivity index (χ2v) is 7.28. The van der Waals surface area contributed by atoms with Crippen molar-refractivity contribution in [3.05, 3.63) is 18.2 Å². The molecule has 0 aromatic heterocycles. The Balaban J connectivity index is 1.53. The molecule has 25 heavy (non-hydrogen) atoms. The molecule has 0 unspecified atom stereocenters. The first-order valence-corrected chi connectivity index (χ1v) is 8.51. The van der Waals surface area contributed by atoms with Gasteiger partial charge in [-0.15, -0.1) is 0 Å². The number of nitrogens with one attached hydrogen (secondary N) is 1. The van der Waals surface area contributed by atoms with Crippen LogP contribution in [-0.2, 0) is 9.53 Å². The quantitative estimate of drug-likeness (QED) is 0.889. The van der Waals surface area contributed by atoms with Gasteiger partial charge in [-0.05, 0) is 32.9 Å². The van der Waals surface area contributed by atoms with Gasteiger partial charge in [-0.1, -0.05) is 0 Å². The molecule has 3 rings (SSSR count). The summed E-state index contributed by atoms with van der Waals surface area (Å²) in [6, 6.07) is 5.39. The van der Waals surface area contributed by atoms with Crippen molar-refractivity contribution in [1.82, 2.24) is 4.90 Å². The topological polar surface area (TPSA) is 77.1 Å². The van der Waals surface area contributed by atoms with E-state index in [1.165, 1.54) is 0 Å². The van der Waals surface area contributed by atoms with E-state index in [0.717, 1.165) is 12.8 Å².